The summed E-state index contributed by atoms with van der Waals surface area (Å²) in [5.74, 6) is -7.01. The Morgan fingerprint density at radius 2 is 1.60 bits per heavy atom. The molecule has 2 fully saturated rings. The number of amides is 1. The van der Waals surface area contributed by atoms with E-state index < -0.39 is 46.9 Å². The van der Waals surface area contributed by atoms with Gasteiger partial charge >= 0.3 is 12.1 Å². The Bertz CT molecular complexity index is 1580. The van der Waals surface area contributed by atoms with Crippen molar-refractivity contribution in [1.82, 2.24) is 5.32 Å². The van der Waals surface area contributed by atoms with E-state index in [-0.39, 0.29) is 30.4 Å². The number of benzene rings is 2. The van der Waals surface area contributed by atoms with E-state index in [9.17, 15) is 27.9 Å². The third-order valence-corrected chi connectivity index (χ3v) is 11.3. The molecule has 0 aromatic heterocycles. The molecule has 4 aliphatic rings. The highest BCUT2D eigenvalue weighted by Gasteiger charge is 2.79. The van der Waals surface area contributed by atoms with Crippen LogP contribution in [0.2, 0.25) is 0 Å². The number of rotatable bonds is 5. The van der Waals surface area contributed by atoms with Gasteiger partial charge in [-0.3, -0.25) is 9.59 Å². The van der Waals surface area contributed by atoms with Gasteiger partial charge in [0.2, 0.25) is 0 Å². The van der Waals surface area contributed by atoms with Crippen molar-refractivity contribution in [2.24, 2.45) is 17.3 Å². The minimum absolute atomic E-state index is 0.0267. The van der Waals surface area contributed by atoms with Crippen LogP contribution in [0.1, 0.15) is 93.1 Å². The summed E-state index contributed by atoms with van der Waals surface area (Å²) in [6.45, 7) is 5.19. The summed E-state index contributed by atoms with van der Waals surface area (Å²) in [4.78, 5) is 25.6. The van der Waals surface area contributed by atoms with Gasteiger partial charge in [0.05, 0.1) is 5.54 Å². The Labute approximate surface area is 259 Å². The van der Waals surface area contributed by atoms with Crippen LogP contribution in [0.4, 0.5) is 22.0 Å². The van der Waals surface area contributed by atoms with Crippen molar-refractivity contribution in [3.05, 3.63) is 94.1 Å². The molecular weight excluding hydrogens is 589 g/mol. The van der Waals surface area contributed by atoms with Crippen molar-refractivity contribution >= 4 is 11.7 Å². The van der Waals surface area contributed by atoms with E-state index in [1.807, 2.05) is 44.2 Å². The Morgan fingerprint density at radius 1 is 0.933 bits per heavy atom. The second-order valence-corrected chi connectivity index (χ2v) is 14.0. The van der Waals surface area contributed by atoms with Gasteiger partial charge in [0, 0.05) is 23.3 Å². The fraction of sp³-hybridized carbons (Fsp3) is 0.500. The van der Waals surface area contributed by atoms with E-state index in [0.29, 0.717) is 36.8 Å². The van der Waals surface area contributed by atoms with Crippen molar-refractivity contribution in [2.45, 2.75) is 94.9 Å². The average molecular weight is 628 g/mol. The summed E-state index contributed by atoms with van der Waals surface area (Å²) in [5.41, 5.74) is -0.763. The maximum atomic E-state index is 15.2. The number of halogens is 5. The molecule has 2 unspecified atom stereocenters. The average Bonchev–Trinajstić information content (AvgIpc) is 3.27. The predicted octanol–water partition coefficient (Wildman–Crippen LogP) is 8.18. The lowest BCUT2D eigenvalue weighted by Gasteiger charge is -2.56. The third kappa shape index (κ3) is 4.88. The normalized spacial score (nSPS) is 30.3. The molecule has 1 amide bonds. The molecule has 9 heteroatoms. The minimum Gasteiger partial charge on any atom is -0.383 e. The number of hydrogen-bond acceptors (Lipinski definition) is 3. The first-order chi connectivity index (χ1) is 21.0. The first-order valence-corrected chi connectivity index (χ1v) is 15.6. The van der Waals surface area contributed by atoms with Crippen molar-refractivity contribution in [3.63, 3.8) is 0 Å². The molecule has 4 nitrogen and oxygen atoms in total. The van der Waals surface area contributed by atoms with Gasteiger partial charge in [-0.05, 0) is 105 Å². The Kier molecular flexibility index (Phi) is 7.46. The highest BCUT2D eigenvalue weighted by Crippen LogP contribution is 2.70. The number of carbonyl (C=O) groups is 2. The minimum atomic E-state index is -5.90. The van der Waals surface area contributed by atoms with Gasteiger partial charge in [0.25, 0.3) is 5.91 Å². The van der Waals surface area contributed by atoms with E-state index in [2.05, 4.69) is 5.32 Å². The summed E-state index contributed by atoms with van der Waals surface area (Å²) in [6.07, 6.45) is -3.09. The standard InChI is InChI=1S/C36H38F5NO3/c1-32(2,24-7-5-4-6-8-24)42-31(44)22-11-9-21(10-12-22)28-20-33(3)29(17-18-34(33,45)35(37,38)36(39,40)41)27-15-13-23-19-25(43)14-16-26(23)30(27)28/h4-12,19,27-29,45H,13-18,20H2,1-3H3,(H,42,44)/t27?,28-,29?,33+,34-/m1/s1. The molecule has 240 valence electrons. The zero-order chi connectivity index (χ0) is 32.6. The lowest BCUT2D eigenvalue weighted by atomic mass is 9.50. The summed E-state index contributed by atoms with van der Waals surface area (Å²) in [6, 6.07) is 16.3. The van der Waals surface area contributed by atoms with E-state index in [0.717, 1.165) is 22.3 Å². The molecule has 2 saturated carbocycles. The zero-order valence-corrected chi connectivity index (χ0v) is 25.6. The van der Waals surface area contributed by atoms with Gasteiger partial charge in [-0.2, -0.15) is 22.0 Å². The fourth-order valence-electron chi connectivity index (χ4n) is 8.86. The first kappa shape index (κ1) is 31.6. The summed E-state index contributed by atoms with van der Waals surface area (Å²) < 4.78 is 71.9. The molecule has 2 N–H and O–H groups in total. The number of carbonyl (C=O) groups excluding carboxylic acids is 2. The molecule has 6 rings (SSSR count). The molecule has 0 heterocycles. The number of fused-ring (bicyclic) bond motifs is 4. The number of alkyl halides is 5. The topological polar surface area (TPSA) is 66.4 Å². The maximum Gasteiger partial charge on any atom is 0.456 e. The Morgan fingerprint density at radius 3 is 2.24 bits per heavy atom. The Hall–Kier alpha value is -3.33. The van der Waals surface area contributed by atoms with E-state index in [4.69, 9.17) is 0 Å². The van der Waals surface area contributed by atoms with Gasteiger partial charge in [0.1, 0.15) is 5.60 Å². The summed E-state index contributed by atoms with van der Waals surface area (Å²) in [5, 5.41) is 14.5. The quantitative estimate of drug-likeness (QED) is 0.329. The second kappa shape index (κ2) is 10.6. The van der Waals surface area contributed by atoms with E-state index >= 15 is 8.78 Å². The smallest absolute Gasteiger partial charge is 0.383 e. The zero-order valence-electron chi connectivity index (χ0n) is 25.6. The molecule has 0 bridgehead atoms. The molecule has 0 saturated heterocycles. The fourth-order valence-corrected chi connectivity index (χ4v) is 8.86. The van der Waals surface area contributed by atoms with Crippen LogP contribution in [-0.4, -0.2) is 34.5 Å². The van der Waals surface area contributed by atoms with Crippen LogP contribution < -0.4 is 5.32 Å². The number of allylic oxidation sites excluding steroid dienone is 4. The highest BCUT2D eigenvalue weighted by atomic mass is 19.4. The molecule has 0 spiro atoms. The van der Waals surface area contributed by atoms with Crippen molar-refractivity contribution in [1.29, 1.82) is 0 Å². The predicted molar refractivity (Wildman–Crippen MR) is 160 cm³/mol. The SMILES string of the molecule is CC(C)(NC(=O)c1ccc([C@H]2C[C@@]3(C)C(CC[C@]3(O)C(F)(F)C(F)(F)F)C3CCC4=CC(=O)CCC4=C32)cc1)c1ccccc1. The number of ketones is 1. The molecule has 2 aromatic carbocycles. The molecule has 4 aliphatic carbocycles. The first-order valence-electron chi connectivity index (χ1n) is 15.6. The summed E-state index contributed by atoms with van der Waals surface area (Å²) >= 11 is 0. The molecule has 5 atom stereocenters. The summed E-state index contributed by atoms with van der Waals surface area (Å²) in [7, 11) is 0. The van der Waals surface area contributed by atoms with E-state index in [1.165, 1.54) is 6.92 Å². The van der Waals surface area contributed by atoms with Crippen LogP contribution in [0.3, 0.4) is 0 Å². The van der Waals surface area contributed by atoms with Gasteiger partial charge < -0.3 is 10.4 Å². The Balaban J connectivity index is 1.39. The molecule has 0 radical (unpaired) electrons. The van der Waals surface area contributed by atoms with Crippen molar-refractivity contribution in [2.75, 3.05) is 0 Å². The van der Waals surface area contributed by atoms with Gasteiger partial charge in [0.15, 0.2) is 5.78 Å². The number of aliphatic hydroxyl groups is 1. The molecule has 45 heavy (non-hydrogen) atoms. The van der Waals surface area contributed by atoms with Crippen molar-refractivity contribution < 1.29 is 36.6 Å². The van der Waals surface area contributed by atoms with Crippen LogP contribution in [0, 0.1) is 17.3 Å². The second-order valence-electron chi connectivity index (χ2n) is 14.0. The van der Waals surface area contributed by atoms with Crippen LogP contribution in [0.25, 0.3) is 0 Å². The van der Waals surface area contributed by atoms with Crippen molar-refractivity contribution in [3.8, 4) is 0 Å². The third-order valence-electron chi connectivity index (χ3n) is 11.3. The van der Waals surface area contributed by atoms with Crippen LogP contribution in [0.5, 0.6) is 0 Å². The maximum absolute atomic E-state index is 15.2. The van der Waals surface area contributed by atoms with Gasteiger partial charge in [-0.1, -0.05) is 55.0 Å². The van der Waals surface area contributed by atoms with Crippen LogP contribution in [0.15, 0.2) is 77.4 Å². The number of hydrogen-bond donors (Lipinski definition) is 2. The monoisotopic (exact) mass is 627 g/mol. The lowest BCUT2D eigenvalue weighted by molar-refractivity contribution is -0.362. The largest absolute Gasteiger partial charge is 0.456 e. The molecular formula is C36H38F5NO3. The highest BCUT2D eigenvalue weighted by molar-refractivity contribution is 5.95. The van der Waals surface area contributed by atoms with E-state index in [1.54, 1.807) is 30.3 Å². The van der Waals surface area contributed by atoms with Gasteiger partial charge in [-0.25, -0.2) is 0 Å². The molecule has 2 aromatic rings. The molecule has 0 aliphatic heterocycles. The van der Waals surface area contributed by atoms with Crippen LogP contribution in [-0.2, 0) is 10.3 Å². The van der Waals surface area contributed by atoms with Gasteiger partial charge in [-0.15, -0.1) is 0 Å². The van der Waals surface area contributed by atoms with Crippen LogP contribution >= 0.6 is 0 Å². The lowest BCUT2D eigenvalue weighted by Crippen LogP contribution is -2.65. The number of nitrogens with one attached hydrogen (secondary N) is 1.